The average Bonchev–Trinajstić information content (AvgIpc) is 2.52. The van der Waals surface area contributed by atoms with E-state index in [1.165, 1.54) is 5.56 Å². The van der Waals surface area contributed by atoms with E-state index in [2.05, 4.69) is 56.1 Å². The van der Waals surface area contributed by atoms with Crippen LogP contribution in [0.3, 0.4) is 0 Å². The molecule has 0 aromatic heterocycles. The predicted octanol–water partition coefficient (Wildman–Crippen LogP) is 3.68. The summed E-state index contributed by atoms with van der Waals surface area (Å²) in [7, 11) is 2.18. The first kappa shape index (κ1) is 16.3. The Morgan fingerprint density at radius 3 is 2.87 bits per heavy atom. The van der Waals surface area contributed by atoms with E-state index in [0.717, 1.165) is 37.3 Å². The molecule has 23 heavy (non-hydrogen) atoms. The lowest BCUT2D eigenvalue weighted by atomic mass is 9.58. The first-order valence-electron chi connectivity index (χ1n) is 8.62. The van der Waals surface area contributed by atoms with E-state index in [-0.39, 0.29) is 11.5 Å². The molecule has 1 saturated heterocycles. The molecule has 0 radical (unpaired) electrons. The number of hydrogen-bond acceptors (Lipinski definition) is 4. The number of likely N-dealkylation sites (tertiary alicyclic amines) is 1. The topological polar surface area (TPSA) is 45.1 Å². The van der Waals surface area contributed by atoms with Crippen molar-refractivity contribution in [3.8, 4) is 5.75 Å². The summed E-state index contributed by atoms with van der Waals surface area (Å²) in [5.74, 6) is 1.44. The summed E-state index contributed by atoms with van der Waals surface area (Å²) in [5.41, 5.74) is 2.30. The molecule has 1 heterocycles. The molecule has 1 saturated carbocycles. The summed E-state index contributed by atoms with van der Waals surface area (Å²) in [6, 6.07) is 8.99. The van der Waals surface area contributed by atoms with Gasteiger partial charge in [-0.1, -0.05) is 24.2 Å². The van der Waals surface area contributed by atoms with Crippen LogP contribution in [0.4, 0.5) is 0 Å². The quantitative estimate of drug-likeness (QED) is 0.683. The van der Waals surface area contributed by atoms with Gasteiger partial charge in [0.25, 0.3) is 0 Å². The summed E-state index contributed by atoms with van der Waals surface area (Å²) < 4.78 is 5.90. The Morgan fingerprint density at radius 2 is 2.17 bits per heavy atom. The summed E-state index contributed by atoms with van der Waals surface area (Å²) in [4.78, 5) is 2.42. The highest BCUT2D eigenvalue weighted by Crippen LogP contribution is 2.49. The maximum Gasteiger partial charge on any atom is 0.119 e. The Labute approximate surface area is 139 Å². The van der Waals surface area contributed by atoms with Crippen LogP contribution in [0.25, 0.3) is 0 Å². The van der Waals surface area contributed by atoms with Crippen LogP contribution in [0.1, 0.15) is 45.6 Å². The molecule has 3 atom stereocenters. The molecule has 1 aliphatic carbocycles. The average molecular weight is 316 g/mol. The van der Waals surface area contributed by atoms with Crippen LogP contribution in [-0.2, 0) is 5.41 Å². The zero-order valence-corrected chi connectivity index (χ0v) is 14.6. The third-order valence-corrected chi connectivity index (χ3v) is 5.64. The zero-order chi connectivity index (χ0) is 16.6. The van der Waals surface area contributed by atoms with Gasteiger partial charge in [-0.15, -0.1) is 0 Å². The van der Waals surface area contributed by atoms with Crippen LogP contribution in [0.5, 0.6) is 5.75 Å². The molecule has 4 heteroatoms. The minimum Gasteiger partial charge on any atom is -0.491 e. The van der Waals surface area contributed by atoms with Gasteiger partial charge in [-0.25, -0.2) is 0 Å². The van der Waals surface area contributed by atoms with Crippen molar-refractivity contribution >= 4 is 5.71 Å². The molecule has 1 aromatic carbocycles. The molecule has 2 aliphatic rings. The van der Waals surface area contributed by atoms with Gasteiger partial charge in [0.15, 0.2) is 0 Å². The van der Waals surface area contributed by atoms with Crippen molar-refractivity contribution in [2.45, 2.75) is 57.6 Å². The van der Waals surface area contributed by atoms with E-state index in [4.69, 9.17) is 4.74 Å². The molecule has 1 aromatic rings. The van der Waals surface area contributed by atoms with Gasteiger partial charge in [0.05, 0.1) is 11.8 Å². The molecule has 3 unspecified atom stereocenters. The van der Waals surface area contributed by atoms with Crippen LogP contribution in [0.15, 0.2) is 29.4 Å². The standard InChI is InChI=1S/C19H28N2O2/c1-13(2)23-18-7-5-6-15(8-18)19-10-16(20-22)9-17(11-19)21(4)12-14(19)3/h5-8,13-14,17,22H,9-12H2,1-4H3/b20-16+. The van der Waals surface area contributed by atoms with Crippen molar-refractivity contribution in [1.29, 1.82) is 0 Å². The fourth-order valence-corrected chi connectivity index (χ4v) is 4.45. The van der Waals surface area contributed by atoms with Crippen molar-refractivity contribution in [1.82, 2.24) is 4.90 Å². The number of piperidine rings is 1. The minimum atomic E-state index is 0.0489. The molecule has 1 aliphatic heterocycles. The SMILES string of the molecule is CC(C)Oc1cccc(C23C/C(=N/O)CC(C2)N(C)CC3C)c1. The van der Waals surface area contributed by atoms with E-state index < -0.39 is 0 Å². The van der Waals surface area contributed by atoms with Gasteiger partial charge in [-0.3, -0.25) is 0 Å². The van der Waals surface area contributed by atoms with E-state index in [0.29, 0.717) is 12.0 Å². The van der Waals surface area contributed by atoms with Gasteiger partial charge in [0.1, 0.15) is 5.75 Å². The van der Waals surface area contributed by atoms with Gasteiger partial charge in [0, 0.05) is 24.4 Å². The summed E-state index contributed by atoms with van der Waals surface area (Å²) >= 11 is 0. The van der Waals surface area contributed by atoms with Gasteiger partial charge in [-0.2, -0.15) is 0 Å². The fourth-order valence-electron chi connectivity index (χ4n) is 4.45. The van der Waals surface area contributed by atoms with Crippen LogP contribution >= 0.6 is 0 Å². The smallest absolute Gasteiger partial charge is 0.119 e. The van der Waals surface area contributed by atoms with E-state index in [9.17, 15) is 5.21 Å². The highest BCUT2D eigenvalue weighted by molar-refractivity contribution is 5.87. The lowest BCUT2D eigenvalue weighted by molar-refractivity contribution is 0.0585. The van der Waals surface area contributed by atoms with Crippen LogP contribution < -0.4 is 4.74 Å². The molecule has 2 fully saturated rings. The lowest BCUT2D eigenvalue weighted by Gasteiger charge is -2.53. The normalized spacial score (nSPS) is 33.2. The second-order valence-corrected chi connectivity index (χ2v) is 7.60. The third kappa shape index (κ3) is 2.97. The Balaban J connectivity index is 2.00. The number of fused-ring (bicyclic) bond motifs is 2. The maximum absolute atomic E-state index is 9.40. The first-order chi connectivity index (χ1) is 10.9. The molecule has 2 bridgehead atoms. The zero-order valence-electron chi connectivity index (χ0n) is 14.6. The minimum absolute atomic E-state index is 0.0489. The second-order valence-electron chi connectivity index (χ2n) is 7.60. The Bertz CT molecular complexity index is 599. The van der Waals surface area contributed by atoms with Crippen LogP contribution in [0.2, 0.25) is 0 Å². The third-order valence-electron chi connectivity index (χ3n) is 5.64. The largest absolute Gasteiger partial charge is 0.491 e. The monoisotopic (exact) mass is 316 g/mol. The maximum atomic E-state index is 9.40. The molecule has 0 spiro atoms. The number of rotatable bonds is 3. The first-order valence-corrected chi connectivity index (χ1v) is 8.62. The number of ether oxygens (including phenoxy) is 1. The number of hydrogen-bond donors (Lipinski definition) is 1. The van der Waals surface area contributed by atoms with Crippen LogP contribution in [-0.4, -0.2) is 41.6 Å². The van der Waals surface area contributed by atoms with Gasteiger partial charge in [0.2, 0.25) is 0 Å². The van der Waals surface area contributed by atoms with Crippen molar-refractivity contribution in [3.63, 3.8) is 0 Å². The van der Waals surface area contributed by atoms with E-state index in [1.807, 2.05) is 6.07 Å². The highest BCUT2D eigenvalue weighted by atomic mass is 16.5. The number of oxime groups is 1. The highest BCUT2D eigenvalue weighted by Gasteiger charge is 2.49. The Hall–Kier alpha value is -1.55. The van der Waals surface area contributed by atoms with Gasteiger partial charge < -0.3 is 14.8 Å². The van der Waals surface area contributed by atoms with E-state index >= 15 is 0 Å². The van der Waals surface area contributed by atoms with Gasteiger partial charge >= 0.3 is 0 Å². The molecule has 0 amide bonds. The van der Waals surface area contributed by atoms with Crippen molar-refractivity contribution in [2.75, 3.05) is 13.6 Å². The molecule has 126 valence electrons. The lowest BCUT2D eigenvalue weighted by Crippen LogP contribution is -2.57. The predicted molar refractivity (Wildman–Crippen MR) is 92.5 cm³/mol. The van der Waals surface area contributed by atoms with Crippen molar-refractivity contribution in [2.24, 2.45) is 11.1 Å². The number of benzene rings is 1. The molecular weight excluding hydrogens is 288 g/mol. The van der Waals surface area contributed by atoms with Crippen molar-refractivity contribution < 1.29 is 9.94 Å². The van der Waals surface area contributed by atoms with Crippen LogP contribution in [0, 0.1) is 5.92 Å². The molecule has 3 rings (SSSR count). The Morgan fingerprint density at radius 1 is 1.39 bits per heavy atom. The molecular formula is C19H28N2O2. The summed E-state index contributed by atoms with van der Waals surface area (Å²) in [6.07, 6.45) is 3.02. The molecule has 1 N–H and O–H groups in total. The number of nitrogens with zero attached hydrogens (tertiary/aromatic N) is 2. The second kappa shape index (κ2) is 6.16. The molecule has 4 nitrogen and oxygen atoms in total. The summed E-state index contributed by atoms with van der Waals surface area (Å²) in [6.45, 7) is 7.51. The summed E-state index contributed by atoms with van der Waals surface area (Å²) in [5, 5.41) is 13.0. The van der Waals surface area contributed by atoms with E-state index in [1.54, 1.807) is 0 Å². The van der Waals surface area contributed by atoms with Gasteiger partial charge in [-0.05, 0) is 57.4 Å². The Kier molecular flexibility index (Phi) is 4.37. The van der Waals surface area contributed by atoms with Crippen molar-refractivity contribution in [3.05, 3.63) is 29.8 Å². The fraction of sp³-hybridized carbons (Fsp3) is 0.632.